The monoisotopic (exact) mass is 223 g/mol. The molecular weight excluding hydrogens is 206 g/mol. The Morgan fingerprint density at radius 3 is 2.00 bits per heavy atom. The van der Waals surface area contributed by atoms with Gasteiger partial charge in [-0.15, -0.1) is 0 Å². The molecule has 0 bridgehead atoms. The molecular formula is C12H17NOS. The largest absolute Gasteiger partial charge is 0.307 e. The summed E-state index contributed by atoms with van der Waals surface area (Å²) < 4.78 is 0. The molecule has 0 saturated heterocycles. The van der Waals surface area contributed by atoms with Gasteiger partial charge in [0.15, 0.2) is 0 Å². The van der Waals surface area contributed by atoms with E-state index in [0.717, 1.165) is 5.69 Å². The average molecular weight is 223 g/mol. The third kappa shape index (κ3) is 2.99. The molecule has 1 rings (SSSR count). The van der Waals surface area contributed by atoms with E-state index in [0.29, 0.717) is 0 Å². The zero-order valence-corrected chi connectivity index (χ0v) is 10.5. The fraction of sp³-hybridized carbons (Fsp3) is 0.417. The van der Waals surface area contributed by atoms with E-state index in [4.69, 9.17) is 0 Å². The minimum absolute atomic E-state index is 0.141. The summed E-state index contributed by atoms with van der Waals surface area (Å²) in [6.45, 7) is 6.49. The van der Waals surface area contributed by atoms with Crippen molar-refractivity contribution in [1.82, 2.24) is 0 Å². The van der Waals surface area contributed by atoms with Gasteiger partial charge in [-0.2, -0.15) is 0 Å². The van der Waals surface area contributed by atoms with Crippen LogP contribution in [0.1, 0.15) is 26.3 Å². The van der Waals surface area contributed by atoms with Crippen molar-refractivity contribution in [3.8, 4) is 0 Å². The average Bonchev–Trinajstić information content (AvgIpc) is 2.15. The molecule has 0 aliphatic heterocycles. The third-order valence-corrected chi connectivity index (χ3v) is 2.71. The van der Waals surface area contributed by atoms with Crippen LogP contribution in [-0.4, -0.2) is 12.3 Å². The molecule has 0 fully saturated rings. The van der Waals surface area contributed by atoms with Gasteiger partial charge in [0.1, 0.15) is 0 Å². The van der Waals surface area contributed by atoms with E-state index < -0.39 is 0 Å². The topological polar surface area (TPSA) is 20.3 Å². The van der Waals surface area contributed by atoms with Crippen molar-refractivity contribution >= 4 is 23.6 Å². The fourth-order valence-corrected chi connectivity index (χ4v) is 1.41. The molecule has 15 heavy (non-hydrogen) atoms. The number of hydrogen-bond acceptors (Lipinski definition) is 1. The lowest BCUT2D eigenvalue weighted by Gasteiger charge is -2.20. The maximum absolute atomic E-state index is 11.0. The highest BCUT2D eigenvalue weighted by Gasteiger charge is 2.14. The summed E-state index contributed by atoms with van der Waals surface area (Å²) in [5, 5.41) is -0.251. The summed E-state index contributed by atoms with van der Waals surface area (Å²) in [6.07, 6.45) is 0. The SMILES string of the molecule is CN(C(=O)S)c1ccc(C(C)(C)C)cc1. The molecule has 0 heterocycles. The van der Waals surface area contributed by atoms with Crippen molar-refractivity contribution in [2.45, 2.75) is 26.2 Å². The van der Waals surface area contributed by atoms with E-state index in [1.165, 1.54) is 10.5 Å². The Kier molecular flexibility index (Phi) is 3.45. The van der Waals surface area contributed by atoms with Crippen LogP contribution >= 0.6 is 12.6 Å². The lowest BCUT2D eigenvalue weighted by atomic mass is 9.87. The third-order valence-electron chi connectivity index (χ3n) is 2.41. The number of rotatable bonds is 1. The van der Waals surface area contributed by atoms with Gasteiger partial charge >= 0.3 is 0 Å². The lowest BCUT2D eigenvalue weighted by Crippen LogP contribution is -2.20. The maximum atomic E-state index is 11.0. The summed E-state index contributed by atoms with van der Waals surface area (Å²) in [5.74, 6) is 0. The van der Waals surface area contributed by atoms with Crippen LogP contribution in [-0.2, 0) is 5.41 Å². The predicted octanol–water partition coefficient (Wildman–Crippen LogP) is 3.47. The number of nitrogens with zero attached hydrogens (tertiary/aromatic N) is 1. The second-order valence-corrected chi connectivity index (χ2v) is 5.02. The van der Waals surface area contributed by atoms with Gasteiger partial charge in [0.05, 0.1) is 0 Å². The van der Waals surface area contributed by atoms with Crippen LogP contribution in [0, 0.1) is 0 Å². The molecule has 0 radical (unpaired) electrons. The van der Waals surface area contributed by atoms with Crippen molar-refractivity contribution in [1.29, 1.82) is 0 Å². The Bertz CT molecular complexity index is 351. The van der Waals surface area contributed by atoms with E-state index >= 15 is 0 Å². The van der Waals surface area contributed by atoms with Gasteiger partial charge in [-0.05, 0) is 23.1 Å². The first-order valence-electron chi connectivity index (χ1n) is 4.89. The van der Waals surface area contributed by atoms with Gasteiger partial charge < -0.3 is 4.90 Å². The van der Waals surface area contributed by atoms with Crippen molar-refractivity contribution in [3.05, 3.63) is 29.8 Å². The maximum Gasteiger partial charge on any atom is 0.282 e. The minimum Gasteiger partial charge on any atom is -0.307 e. The summed E-state index contributed by atoms with van der Waals surface area (Å²) in [7, 11) is 1.71. The zero-order chi connectivity index (χ0) is 11.6. The van der Waals surface area contributed by atoms with Gasteiger partial charge in [-0.1, -0.05) is 45.5 Å². The van der Waals surface area contributed by atoms with Crippen molar-refractivity contribution in [3.63, 3.8) is 0 Å². The van der Waals surface area contributed by atoms with E-state index in [-0.39, 0.29) is 10.7 Å². The Hall–Kier alpha value is -0.960. The number of carbonyl (C=O) groups is 1. The van der Waals surface area contributed by atoms with Crippen molar-refractivity contribution in [2.75, 3.05) is 11.9 Å². The highest BCUT2D eigenvalue weighted by molar-refractivity contribution is 7.96. The number of thiol groups is 1. The Morgan fingerprint density at radius 1 is 1.20 bits per heavy atom. The molecule has 3 heteroatoms. The summed E-state index contributed by atoms with van der Waals surface area (Å²) in [4.78, 5) is 12.5. The van der Waals surface area contributed by atoms with Gasteiger partial charge in [-0.3, -0.25) is 4.79 Å². The Balaban J connectivity index is 2.95. The molecule has 0 aliphatic carbocycles. The molecule has 0 aromatic heterocycles. The van der Waals surface area contributed by atoms with Crippen LogP contribution in [0.2, 0.25) is 0 Å². The molecule has 0 unspecified atom stereocenters. The van der Waals surface area contributed by atoms with E-state index in [2.05, 4.69) is 33.4 Å². The Labute approximate surface area is 96.7 Å². The van der Waals surface area contributed by atoms with Crippen molar-refractivity contribution in [2.24, 2.45) is 0 Å². The summed E-state index contributed by atoms with van der Waals surface area (Å²) >= 11 is 3.77. The van der Waals surface area contributed by atoms with E-state index in [1.54, 1.807) is 7.05 Å². The van der Waals surface area contributed by atoms with Gasteiger partial charge in [0.2, 0.25) is 0 Å². The zero-order valence-electron chi connectivity index (χ0n) is 9.61. The standard InChI is InChI=1S/C12H17NOS/c1-12(2,3)9-5-7-10(8-6-9)13(4)11(14)15/h5-8H,1-4H3,(H,14,15). The van der Waals surface area contributed by atoms with Crippen LogP contribution in [0.3, 0.4) is 0 Å². The number of anilines is 1. The number of amides is 1. The molecule has 1 amide bonds. The predicted molar refractivity (Wildman–Crippen MR) is 67.9 cm³/mol. The molecule has 0 atom stereocenters. The number of benzene rings is 1. The summed E-state index contributed by atoms with van der Waals surface area (Å²) in [5.41, 5.74) is 2.26. The Morgan fingerprint density at radius 2 is 1.67 bits per heavy atom. The molecule has 2 nitrogen and oxygen atoms in total. The summed E-state index contributed by atoms with van der Waals surface area (Å²) in [6, 6.07) is 7.97. The van der Waals surface area contributed by atoms with Crippen LogP contribution in [0.15, 0.2) is 24.3 Å². The van der Waals surface area contributed by atoms with Crippen LogP contribution in [0.25, 0.3) is 0 Å². The van der Waals surface area contributed by atoms with Crippen LogP contribution in [0.4, 0.5) is 10.5 Å². The number of hydrogen-bond donors (Lipinski definition) is 1. The molecule has 0 N–H and O–H groups in total. The molecule has 0 saturated carbocycles. The highest BCUT2D eigenvalue weighted by atomic mass is 32.1. The number of carbonyl (C=O) groups excluding carboxylic acids is 1. The minimum atomic E-state index is -0.251. The normalized spacial score (nSPS) is 11.3. The molecule has 0 spiro atoms. The smallest absolute Gasteiger partial charge is 0.282 e. The molecule has 1 aromatic carbocycles. The molecule has 82 valence electrons. The first-order valence-corrected chi connectivity index (χ1v) is 5.34. The van der Waals surface area contributed by atoms with E-state index in [9.17, 15) is 4.79 Å². The fourth-order valence-electron chi connectivity index (χ4n) is 1.30. The van der Waals surface area contributed by atoms with Crippen LogP contribution < -0.4 is 4.90 Å². The van der Waals surface area contributed by atoms with Crippen LogP contribution in [0.5, 0.6) is 0 Å². The quantitative estimate of drug-likeness (QED) is 0.723. The van der Waals surface area contributed by atoms with Gasteiger partial charge in [0, 0.05) is 12.7 Å². The van der Waals surface area contributed by atoms with E-state index in [1.807, 2.05) is 24.3 Å². The second-order valence-electron chi connectivity index (χ2n) is 4.64. The molecule has 1 aromatic rings. The van der Waals surface area contributed by atoms with Gasteiger partial charge in [0.25, 0.3) is 5.24 Å². The van der Waals surface area contributed by atoms with Crippen molar-refractivity contribution < 1.29 is 4.79 Å². The lowest BCUT2D eigenvalue weighted by molar-refractivity contribution is 0.266. The highest BCUT2D eigenvalue weighted by Crippen LogP contribution is 2.24. The first kappa shape index (κ1) is 12.1. The van der Waals surface area contributed by atoms with Gasteiger partial charge in [-0.25, -0.2) is 0 Å². The first-order chi connectivity index (χ1) is 6.82. The molecule has 0 aliphatic rings. The second kappa shape index (κ2) is 4.27.